The largest absolute Gasteiger partial charge is 0.375 e. The van der Waals surface area contributed by atoms with E-state index < -0.39 is 10.0 Å². The van der Waals surface area contributed by atoms with E-state index in [0.717, 1.165) is 11.3 Å². The minimum atomic E-state index is -3.67. The zero-order valence-corrected chi connectivity index (χ0v) is 9.80. The van der Waals surface area contributed by atoms with E-state index >= 15 is 0 Å². The molecular weight excluding hydrogens is 252 g/mol. The Morgan fingerprint density at radius 2 is 2.31 bits per heavy atom. The van der Waals surface area contributed by atoms with Crippen LogP contribution in [0.4, 0.5) is 10.8 Å². The Hall–Kier alpha value is -1.61. The van der Waals surface area contributed by atoms with E-state index in [1.54, 1.807) is 6.92 Å². The SMILES string of the molecule is Cc1nc(N)sc1S(=O)(=O)Nc1cnoc1. The van der Waals surface area contributed by atoms with E-state index in [1.807, 2.05) is 0 Å². The summed E-state index contributed by atoms with van der Waals surface area (Å²) in [6, 6.07) is 0. The lowest BCUT2D eigenvalue weighted by molar-refractivity contribution is 0.420. The van der Waals surface area contributed by atoms with Crippen molar-refractivity contribution in [1.82, 2.24) is 10.1 Å². The van der Waals surface area contributed by atoms with Crippen molar-refractivity contribution in [2.75, 3.05) is 10.5 Å². The molecule has 0 radical (unpaired) electrons. The first-order valence-electron chi connectivity index (χ1n) is 4.14. The van der Waals surface area contributed by atoms with Gasteiger partial charge in [0.05, 0.1) is 11.9 Å². The van der Waals surface area contributed by atoms with Crippen molar-refractivity contribution < 1.29 is 12.9 Å². The second-order valence-electron chi connectivity index (χ2n) is 2.94. The molecule has 0 bridgehead atoms. The Morgan fingerprint density at radius 3 is 2.81 bits per heavy atom. The Balaban J connectivity index is 2.36. The van der Waals surface area contributed by atoms with E-state index in [1.165, 1.54) is 12.5 Å². The van der Waals surface area contributed by atoms with Crippen LogP contribution < -0.4 is 10.5 Å². The monoisotopic (exact) mass is 260 g/mol. The molecule has 16 heavy (non-hydrogen) atoms. The van der Waals surface area contributed by atoms with Crippen molar-refractivity contribution in [3.05, 3.63) is 18.2 Å². The van der Waals surface area contributed by atoms with Crippen LogP contribution in [0.15, 0.2) is 21.2 Å². The van der Waals surface area contributed by atoms with Crippen LogP contribution in [0, 0.1) is 6.92 Å². The van der Waals surface area contributed by atoms with Gasteiger partial charge < -0.3 is 10.3 Å². The first-order valence-corrected chi connectivity index (χ1v) is 6.44. The van der Waals surface area contributed by atoms with Crippen LogP contribution in [-0.2, 0) is 10.0 Å². The van der Waals surface area contributed by atoms with Gasteiger partial charge in [-0.05, 0) is 6.92 Å². The second-order valence-corrected chi connectivity index (χ2v) is 5.85. The van der Waals surface area contributed by atoms with Gasteiger partial charge in [0.25, 0.3) is 10.0 Å². The lowest BCUT2D eigenvalue weighted by Crippen LogP contribution is -2.12. The lowest BCUT2D eigenvalue weighted by Gasteiger charge is -2.02. The number of nitrogens with two attached hydrogens (primary N) is 1. The molecule has 0 fully saturated rings. The number of nitrogens with one attached hydrogen (secondary N) is 1. The number of nitrogen functional groups attached to an aromatic ring is 1. The molecule has 86 valence electrons. The van der Waals surface area contributed by atoms with Crippen LogP contribution in [-0.4, -0.2) is 18.6 Å². The molecule has 0 atom stereocenters. The summed E-state index contributed by atoms with van der Waals surface area (Å²) in [5.74, 6) is 0. The van der Waals surface area contributed by atoms with E-state index in [0.29, 0.717) is 5.69 Å². The number of nitrogens with zero attached hydrogens (tertiary/aromatic N) is 2. The number of anilines is 2. The number of hydrogen-bond donors (Lipinski definition) is 2. The molecule has 0 aliphatic carbocycles. The van der Waals surface area contributed by atoms with Gasteiger partial charge in [-0.1, -0.05) is 16.5 Å². The number of thiazole rings is 1. The molecule has 2 aromatic rings. The topological polar surface area (TPSA) is 111 Å². The molecule has 0 aromatic carbocycles. The van der Waals surface area contributed by atoms with Crippen LogP contribution in [0.25, 0.3) is 0 Å². The van der Waals surface area contributed by atoms with E-state index in [2.05, 4.69) is 19.4 Å². The molecule has 3 N–H and O–H groups in total. The summed E-state index contributed by atoms with van der Waals surface area (Å²) in [5.41, 5.74) is 6.06. The molecule has 2 rings (SSSR count). The fraction of sp³-hybridized carbons (Fsp3) is 0.143. The third kappa shape index (κ3) is 1.99. The predicted octanol–water partition coefficient (Wildman–Crippen LogP) is 0.823. The minimum absolute atomic E-state index is 0.0891. The van der Waals surface area contributed by atoms with Gasteiger partial charge in [-0.3, -0.25) is 4.72 Å². The van der Waals surface area contributed by atoms with Crippen LogP contribution in [0.1, 0.15) is 5.69 Å². The summed E-state index contributed by atoms with van der Waals surface area (Å²) < 4.78 is 30.6. The van der Waals surface area contributed by atoms with Crippen LogP contribution >= 0.6 is 11.3 Å². The molecule has 0 aliphatic rings. The summed E-state index contributed by atoms with van der Waals surface area (Å²) in [5, 5.41) is 3.60. The Bertz CT molecular complexity index is 587. The van der Waals surface area contributed by atoms with E-state index in [4.69, 9.17) is 5.73 Å². The maximum atomic E-state index is 11.9. The van der Waals surface area contributed by atoms with Crippen molar-refractivity contribution in [3.8, 4) is 0 Å². The van der Waals surface area contributed by atoms with Crippen molar-refractivity contribution in [2.45, 2.75) is 11.1 Å². The van der Waals surface area contributed by atoms with Gasteiger partial charge in [0.1, 0.15) is 12.0 Å². The average Bonchev–Trinajstić information content (AvgIpc) is 2.75. The van der Waals surface area contributed by atoms with E-state index in [-0.39, 0.29) is 15.0 Å². The van der Waals surface area contributed by atoms with Crippen molar-refractivity contribution in [2.24, 2.45) is 0 Å². The fourth-order valence-electron chi connectivity index (χ4n) is 1.11. The minimum Gasteiger partial charge on any atom is -0.375 e. The number of rotatable bonds is 3. The molecule has 7 nitrogen and oxygen atoms in total. The summed E-state index contributed by atoms with van der Waals surface area (Å²) in [7, 11) is -3.67. The highest BCUT2D eigenvalue weighted by molar-refractivity contribution is 7.94. The molecule has 0 saturated carbocycles. The Kier molecular flexibility index (Phi) is 2.56. The summed E-state index contributed by atoms with van der Waals surface area (Å²) in [6.07, 6.45) is 2.45. The molecule has 0 aliphatic heterocycles. The van der Waals surface area contributed by atoms with Crippen LogP contribution in [0.2, 0.25) is 0 Å². The maximum Gasteiger partial charge on any atom is 0.273 e. The maximum absolute atomic E-state index is 11.9. The van der Waals surface area contributed by atoms with Gasteiger partial charge in [-0.25, -0.2) is 13.4 Å². The number of aryl methyl sites for hydroxylation is 1. The number of sulfonamides is 1. The molecule has 9 heteroatoms. The van der Waals surface area contributed by atoms with Gasteiger partial charge in [0.15, 0.2) is 9.34 Å². The standard InChI is InChI=1S/C7H8N4O3S2/c1-4-6(15-7(8)10-4)16(12,13)11-5-2-9-14-3-5/h2-3,11H,1H3,(H2,8,10). The Morgan fingerprint density at radius 1 is 1.56 bits per heavy atom. The van der Waals surface area contributed by atoms with Crippen LogP contribution in [0.5, 0.6) is 0 Å². The molecule has 0 unspecified atom stereocenters. The third-order valence-electron chi connectivity index (χ3n) is 1.70. The molecule has 0 spiro atoms. The van der Waals surface area contributed by atoms with Gasteiger partial charge in [-0.15, -0.1) is 0 Å². The van der Waals surface area contributed by atoms with Crippen molar-refractivity contribution in [1.29, 1.82) is 0 Å². The zero-order chi connectivity index (χ0) is 11.8. The molecule has 0 amide bonds. The van der Waals surface area contributed by atoms with Crippen molar-refractivity contribution in [3.63, 3.8) is 0 Å². The second kappa shape index (κ2) is 3.76. The normalized spacial score (nSPS) is 11.6. The first-order chi connectivity index (χ1) is 7.49. The van der Waals surface area contributed by atoms with Gasteiger partial charge in [0.2, 0.25) is 0 Å². The van der Waals surface area contributed by atoms with Crippen LogP contribution in [0.3, 0.4) is 0 Å². The smallest absolute Gasteiger partial charge is 0.273 e. The third-order valence-corrected chi connectivity index (χ3v) is 4.68. The van der Waals surface area contributed by atoms with Gasteiger partial charge >= 0.3 is 0 Å². The highest BCUT2D eigenvalue weighted by Gasteiger charge is 2.21. The summed E-state index contributed by atoms with van der Waals surface area (Å²) in [6.45, 7) is 1.58. The quantitative estimate of drug-likeness (QED) is 0.845. The number of aromatic nitrogens is 2. The average molecular weight is 260 g/mol. The zero-order valence-electron chi connectivity index (χ0n) is 8.17. The van der Waals surface area contributed by atoms with Gasteiger partial charge in [-0.2, -0.15) is 0 Å². The Labute approximate surface area is 95.3 Å². The van der Waals surface area contributed by atoms with Gasteiger partial charge in [0, 0.05) is 0 Å². The van der Waals surface area contributed by atoms with E-state index in [9.17, 15) is 8.42 Å². The molecule has 2 heterocycles. The highest BCUT2D eigenvalue weighted by Crippen LogP contribution is 2.26. The van der Waals surface area contributed by atoms with Crippen molar-refractivity contribution >= 4 is 32.2 Å². The summed E-state index contributed by atoms with van der Waals surface area (Å²) >= 11 is 0.908. The lowest BCUT2D eigenvalue weighted by atomic mass is 10.6. The molecule has 0 saturated heterocycles. The fourth-order valence-corrected chi connectivity index (χ4v) is 3.43. The number of hydrogen-bond acceptors (Lipinski definition) is 7. The first kappa shape index (κ1) is 10.9. The predicted molar refractivity (Wildman–Crippen MR) is 58.6 cm³/mol. The highest BCUT2D eigenvalue weighted by atomic mass is 32.2. The molecular formula is C7H8N4O3S2. The summed E-state index contributed by atoms with van der Waals surface area (Å²) in [4.78, 5) is 3.84. The molecule has 2 aromatic heterocycles.